The number of nitro benzene ring substituents is 1. The molecule has 1 aromatic carbocycles. The van der Waals surface area contributed by atoms with E-state index in [2.05, 4.69) is 20.4 Å². The lowest BCUT2D eigenvalue weighted by Gasteiger charge is -2.11. The number of nitrogens with one attached hydrogen (secondary N) is 1. The third-order valence-electron chi connectivity index (χ3n) is 3.67. The molecule has 27 heavy (non-hydrogen) atoms. The molecule has 2 aromatic heterocycles. The Hall–Kier alpha value is -2.72. The largest absolute Gasteiger partial charge is 0.324 e. The van der Waals surface area contributed by atoms with E-state index < -0.39 is 10.2 Å². The summed E-state index contributed by atoms with van der Waals surface area (Å²) in [6.07, 6.45) is 0. The van der Waals surface area contributed by atoms with E-state index in [4.69, 9.17) is 11.6 Å². The highest BCUT2D eigenvalue weighted by Crippen LogP contribution is 2.28. The van der Waals surface area contributed by atoms with Crippen molar-refractivity contribution < 1.29 is 9.72 Å². The number of nitrogens with zero attached hydrogens (tertiary/aromatic N) is 5. The van der Waals surface area contributed by atoms with Gasteiger partial charge in [-0.25, -0.2) is 9.50 Å². The zero-order chi connectivity index (χ0) is 19.7. The number of non-ortho nitro benzene ring substituents is 1. The molecular formula is C16H15ClN6O3S. The lowest BCUT2D eigenvalue weighted by Crippen LogP contribution is -2.22. The molecule has 3 rings (SSSR count). The van der Waals surface area contributed by atoms with E-state index in [-0.39, 0.29) is 22.3 Å². The Morgan fingerprint density at radius 2 is 2.07 bits per heavy atom. The quantitative estimate of drug-likeness (QED) is 0.392. The van der Waals surface area contributed by atoms with Crippen LogP contribution >= 0.6 is 23.4 Å². The van der Waals surface area contributed by atoms with E-state index in [0.717, 1.165) is 23.1 Å². The van der Waals surface area contributed by atoms with Gasteiger partial charge in [0.1, 0.15) is 0 Å². The first-order valence-corrected chi connectivity index (χ1v) is 9.13. The molecule has 0 radical (unpaired) electrons. The van der Waals surface area contributed by atoms with Crippen molar-refractivity contribution in [3.05, 3.63) is 50.8 Å². The van der Waals surface area contributed by atoms with E-state index in [1.165, 1.54) is 18.2 Å². The van der Waals surface area contributed by atoms with Crippen LogP contribution in [0.25, 0.3) is 5.78 Å². The summed E-state index contributed by atoms with van der Waals surface area (Å²) in [6.45, 7) is 5.45. The smallest absolute Gasteiger partial charge is 0.271 e. The minimum Gasteiger partial charge on any atom is -0.324 e. The number of amides is 1. The molecule has 1 atom stereocenters. The Morgan fingerprint density at radius 1 is 1.33 bits per heavy atom. The van der Waals surface area contributed by atoms with Gasteiger partial charge in [0, 0.05) is 23.5 Å². The first-order valence-electron chi connectivity index (χ1n) is 7.87. The van der Waals surface area contributed by atoms with Crippen molar-refractivity contribution in [3.8, 4) is 0 Å². The van der Waals surface area contributed by atoms with Crippen LogP contribution in [0.4, 0.5) is 11.4 Å². The normalized spacial score (nSPS) is 12.1. The van der Waals surface area contributed by atoms with Crippen molar-refractivity contribution in [2.45, 2.75) is 31.2 Å². The van der Waals surface area contributed by atoms with E-state index in [1.54, 1.807) is 11.4 Å². The lowest BCUT2D eigenvalue weighted by molar-refractivity contribution is -0.384. The van der Waals surface area contributed by atoms with Crippen LogP contribution in [0.3, 0.4) is 0 Å². The molecule has 0 aliphatic rings. The first-order chi connectivity index (χ1) is 12.7. The monoisotopic (exact) mass is 406 g/mol. The molecule has 0 aliphatic heterocycles. The van der Waals surface area contributed by atoms with Crippen LogP contribution in [0.2, 0.25) is 5.02 Å². The van der Waals surface area contributed by atoms with Gasteiger partial charge in [-0.05, 0) is 32.9 Å². The number of fused-ring (bicyclic) bond motifs is 1. The summed E-state index contributed by atoms with van der Waals surface area (Å²) >= 11 is 7.17. The highest BCUT2D eigenvalue weighted by Gasteiger charge is 2.20. The Kier molecular flexibility index (Phi) is 5.29. The molecule has 0 spiro atoms. The van der Waals surface area contributed by atoms with Gasteiger partial charge >= 0.3 is 0 Å². The molecule has 140 valence electrons. The molecule has 0 saturated carbocycles. The van der Waals surface area contributed by atoms with Crippen molar-refractivity contribution in [1.29, 1.82) is 0 Å². The molecule has 9 nitrogen and oxygen atoms in total. The SMILES string of the molecule is Cc1cc(C)n2nc(SC(C)C(=O)Nc3cc([N+](=O)[O-])ccc3Cl)nc2n1. The zero-order valence-corrected chi connectivity index (χ0v) is 16.2. The van der Waals surface area contributed by atoms with Gasteiger partial charge in [0.05, 0.1) is 20.9 Å². The van der Waals surface area contributed by atoms with Crippen LogP contribution in [-0.4, -0.2) is 35.7 Å². The minimum atomic E-state index is -0.556. The van der Waals surface area contributed by atoms with Gasteiger partial charge in [-0.15, -0.1) is 5.10 Å². The number of carbonyl (C=O) groups excluding carboxylic acids is 1. The molecule has 0 aliphatic carbocycles. The van der Waals surface area contributed by atoms with Crippen molar-refractivity contribution in [3.63, 3.8) is 0 Å². The van der Waals surface area contributed by atoms with E-state index in [9.17, 15) is 14.9 Å². The number of thioether (sulfide) groups is 1. The van der Waals surface area contributed by atoms with Gasteiger partial charge in [-0.3, -0.25) is 14.9 Å². The highest BCUT2D eigenvalue weighted by molar-refractivity contribution is 8.00. The van der Waals surface area contributed by atoms with Gasteiger partial charge in [-0.2, -0.15) is 4.98 Å². The molecule has 0 bridgehead atoms. The third-order valence-corrected chi connectivity index (χ3v) is 4.95. The van der Waals surface area contributed by atoms with E-state index >= 15 is 0 Å². The topological polar surface area (TPSA) is 115 Å². The van der Waals surface area contributed by atoms with Gasteiger partial charge in [0.15, 0.2) is 0 Å². The summed E-state index contributed by atoms with van der Waals surface area (Å²) in [7, 11) is 0. The molecule has 3 aromatic rings. The van der Waals surface area contributed by atoms with Crippen LogP contribution in [-0.2, 0) is 4.79 Å². The maximum absolute atomic E-state index is 12.4. The van der Waals surface area contributed by atoms with Crippen molar-refractivity contribution in [2.24, 2.45) is 0 Å². The fraction of sp³-hybridized carbons (Fsp3) is 0.250. The molecule has 0 fully saturated rings. The number of carbonyl (C=O) groups is 1. The number of halogens is 1. The summed E-state index contributed by atoms with van der Waals surface area (Å²) in [5.74, 6) is 0.0893. The van der Waals surface area contributed by atoms with E-state index in [1.807, 2.05) is 19.9 Å². The summed E-state index contributed by atoms with van der Waals surface area (Å²) < 4.78 is 1.61. The number of hydrogen-bond acceptors (Lipinski definition) is 7. The highest BCUT2D eigenvalue weighted by atomic mass is 35.5. The van der Waals surface area contributed by atoms with Crippen LogP contribution in [0.1, 0.15) is 18.3 Å². The molecule has 1 amide bonds. The predicted molar refractivity (Wildman–Crippen MR) is 102 cm³/mol. The molecule has 1 unspecified atom stereocenters. The molecule has 11 heteroatoms. The Labute approximate surface area is 163 Å². The van der Waals surface area contributed by atoms with E-state index in [0.29, 0.717) is 10.9 Å². The molecule has 1 N–H and O–H groups in total. The second-order valence-electron chi connectivity index (χ2n) is 5.82. The Bertz CT molecular complexity index is 1050. The maximum Gasteiger partial charge on any atom is 0.271 e. The molecule has 2 heterocycles. The summed E-state index contributed by atoms with van der Waals surface area (Å²) in [6, 6.07) is 5.75. The van der Waals surface area contributed by atoms with Crippen LogP contribution < -0.4 is 5.32 Å². The average Bonchev–Trinajstić information content (AvgIpc) is 2.99. The number of anilines is 1. The average molecular weight is 407 g/mol. The second kappa shape index (κ2) is 7.49. The zero-order valence-electron chi connectivity index (χ0n) is 14.6. The maximum atomic E-state index is 12.4. The number of nitro groups is 1. The third kappa shape index (κ3) is 4.17. The van der Waals surface area contributed by atoms with Crippen molar-refractivity contribution in [1.82, 2.24) is 19.6 Å². The number of hydrogen-bond donors (Lipinski definition) is 1. The number of benzene rings is 1. The van der Waals surface area contributed by atoms with Crippen molar-refractivity contribution >= 4 is 46.4 Å². The fourth-order valence-corrected chi connectivity index (χ4v) is 3.28. The van der Waals surface area contributed by atoms with Crippen molar-refractivity contribution in [2.75, 3.05) is 5.32 Å². The lowest BCUT2D eigenvalue weighted by atomic mass is 10.2. The summed E-state index contributed by atoms with van der Waals surface area (Å²) in [5.41, 5.74) is 1.74. The minimum absolute atomic E-state index is 0.158. The van der Waals surface area contributed by atoms with Crippen LogP contribution in [0, 0.1) is 24.0 Å². The molecule has 0 saturated heterocycles. The second-order valence-corrected chi connectivity index (χ2v) is 7.53. The van der Waals surface area contributed by atoms with Crippen LogP contribution in [0.15, 0.2) is 29.4 Å². The number of rotatable bonds is 5. The van der Waals surface area contributed by atoms with Crippen LogP contribution in [0.5, 0.6) is 0 Å². The Balaban J connectivity index is 1.76. The summed E-state index contributed by atoms with van der Waals surface area (Å²) in [5, 5.41) is 17.9. The standard InChI is InChI=1S/C16H15ClN6O3S/c1-8-6-9(2)22-15(18-8)20-16(21-22)27-10(3)14(24)19-13-7-11(23(25)26)4-5-12(13)17/h4-7,10H,1-3H3,(H,19,24). The number of aryl methyl sites for hydroxylation is 2. The van der Waals surface area contributed by atoms with Gasteiger partial charge in [0.25, 0.3) is 11.5 Å². The van der Waals surface area contributed by atoms with Gasteiger partial charge < -0.3 is 5.32 Å². The first kappa shape index (κ1) is 19.1. The molecular weight excluding hydrogens is 392 g/mol. The Morgan fingerprint density at radius 3 is 2.78 bits per heavy atom. The number of aromatic nitrogens is 4. The predicted octanol–water partition coefficient (Wildman–Crippen LogP) is 3.42. The summed E-state index contributed by atoms with van der Waals surface area (Å²) in [4.78, 5) is 31.4. The fourth-order valence-electron chi connectivity index (χ4n) is 2.37. The van der Waals surface area contributed by atoms with Gasteiger partial charge in [-0.1, -0.05) is 23.4 Å². The van der Waals surface area contributed by atoms with Gasteiger partial charge in [0.2, 0.25) is 11.1 Å².